The number of amides is 3. The number of nitrogens with one attached hydrogen (secondary N) is 3. The fraction of sp³-hybridized carbons (Fsp3) is 0.667. The Morgan fingerprint density at radius 1 is 0.750 bits per heavy atom. The van der Waals surface area contributed by atoms with E-state index in [9.17, 15) is 14.4 Å². The van der Waals surface area contributed by atoms with Crippen LogP contribution in [0.4, 0.5) is 0 Å². The number of hydrogen-bond acceptors (Lipinski definition) is 3. The molecule has 0 aromatic carbocycles. The Bertz CT molecular complexity index is 228. The van der Waals surface area contributed by atoms with E-state index in [1.165, 1.54) is 0 Å². The number of carbonyl (C=O) groups excluding carboxylic acids is 3. The second-order valence-corrected chi connectivity index (χ2v) is 7.82. The van der Waals surface area contributed by atoms with E-state index >= 15 is 0 Å². The van der Waals surface area contributed by atoms with Crippen LogP contribution in [-0.2, 0) is 33.6 Å². The normalized spacial score (nSPS) is 9.75. The molecule has 6 nitrogen and oxygen atoms in total. The second kappa shape index (κ2) is 8.32. The summed E-state index contributed by atoms with van der Waals surface area (Å²) in [5.74, 6) is -0.443. The molecule has 7 heteroatoms. The van der Waals surface area contributed by atoms with Crippen LogP contribution in [0.25, 0.3) is 0 Å². The monoisotopic (exact) mass is 397 g/mol. The molecule has 0 saturated heterocycles. The van der Waals surface area contributed by atoms with E-state index in [0.29, 0.717) is 19.3 Å². The summed E-state index contributed by atoms with van der Waals surface area (Å²) in [5.41, 5.74) is 0. The minimum absolute atomic E-state index is 0.148. The number of hydrogen-bond donors (Lipinski definition) is 3. The van der Waals surface area contributed by atoms with Gasteiger partial charge in [-0.2, -0.15) is 0 Å². The molecule has 0 aliphatic carbocycles. The van der Waals surface area contributed by atoms with Crippen molar-refractivity contribution in [3.8, 4) is 0 Å². The third-order valence-electron chi connectivity index (χ3n) is 1.67. The fourth-order valence-corrected chi connectivity index (χ4v) is 5.69. The van der Waals surface area contributed by atoms with Crippen LogP contribution in [0.1, 0.15) is 40.0 Å². The Balaban J connectivity index is 4.31. The number of carbonyl (C=O) groups is 3. The molecule has 0 aromatic heterocycles. The Kier molecular flexibility index (Phi) is 7.88. The molecule has 3 amide bonds. The molecule has 0 radical (unpaired) electrons. The summed E-state index contributed by atoms with van der Waals surface area (Å²) in [6, 6.07) is 0. The average Bonchev–Trinajstić information content (AvgIpc) is 2.28. The van der Waals surface area contributed by atoms with Gasteiger partial charge in [-0.3, -0.25) is 0 Å². The van der Waals surface area contributed by atoms with Crippen molar-refractivity contribution in [3.63, 3.8) is 0 Å². The van der Waals surface area contributed by atoms with Gasteiger partial charge in [-0.25, -0.2) is 0 Å². The Morgan fingerprint density at radius 3 is 1.19 bits per heavy atom. The van der Waals surface area contributed by atoms with Crippen LogP contribution in [-0.4, -0.2) is 17.7 Å². The molecule has 0 atom stereocenters. The summed E-state index contributed by atoms with van der Waals surface area (Å²) in [7, 11) is 0. The number of rotatable bonds is 6. The van der Waals surface area contributed by atoms with Gasteiger partial charge in [0, 0.05) is 0 Å². The molecule has 92 valence electrons. The Hall–Kier alpha value is -0.850. The maximum atomic E-state index is 11.2. The first-order valence-electron chi connectivity index (χ1n) is 5.22. The first-order valence-corrected chi connectivity index (χ1v) is 10.0. The van der Waals surface area contributed by atoms with Gasteiger partial charge in [-0.1, -0.05) is 0 Å². The molecule has 0 spiro atoms. The summed E-state index contributed by atoms with van der Waals surface area (Å²) in [6.07, 6.45) is 1.03. The third kappa shape index (κ3) is 6.60. The summed E-state index contributed by atoms with van der Waals surface area (Å²) >= 11 is -2.93. The molecule has 0 rings (SSSR count). The minimum atomic E-state index is -2.93. The van der Waals surface area contributed by atoms with E-state index in [1.807, 2.05) is 0 Å². The van der Waals surface area contributed by atoms with Crippen molar-refractivity contribution in [1.82, 2.24) is 11.2 Å². The van der Waals surface area contributed by atoms with Gasteiger partial charge in [0.25, 0.3) is 0 Å². The van der Waals surface area contributed by atoms with Crippen molar-refractivity contribution < 1.29 is 33.6 Å². The van der Waals surface area contributed by atoms with Crippen molar-refractivity contribution in [2.75, 3.05) is 0 Å². The Labute approximate surface area is 103 Å². The molecule has 0 fully saturated rings. The molecular weight excluding hydrogens is 379 g/mol. The summed E-state index contributed by atoms with van der Waals surface area (Å²) < 4.78 is 8.09. The summed E-state index contributed by atoms with van der Waals surface area (Å²) in [5, 5.41) is 0. The zero-order chi connectivity index (χ0) is 12.6. The van der Waals surface area contributed by atoms with Crippen molar-refractivity contribution in [1.29, 1.82) is 0 Å². The van der Waals surface area contributed by atoms with Gasteiger partial charge in [-0.15, -0.1) is 0 Å². The first-order chi connectivity index (χ1) is 7.53. The van der Waals surface area contributed by atoms with Gasteiger partial charge in [0.15, 0.2) is 0 Å². The van der Waals surface area contributed by atoms with Gasteiger partial charge < -0.3 is 0 Å². The predicted molar refractivity (Wildman–Crippen MR) is 55.3 cm³/mol. The molecule has 0 aliphatic heterocycles. The molecule has 16 heavy (non-hydrogen) atoms. The van der Waals surface area contributed by atoms with Gasteiger partial charge in [-0.05, 0) is 0 Å². The van der Waals surface area contributed by atoms with E-state index in [1.54, 1.807) is 20.8 Å². The maximum absolute atomic E-state index is 11.2. The van der Waals surface area contributed by atoms with Crippen molar-refractivity contribution >= 4 is 17.7 Å². The Morgan fingerprint density at radius 2 is 1.00 bits per heavy atom. The van der Waals surface area contributed by atoms with E-state index < -0.39 is 19.2 Å². The molecule has 3 N–H and O–H groups in total. The molecule has 0 unspecified atom stereocenters. The molecule has 0 saturated carbocycles. The third-order valence-corrected chi connectivity index (χ3v) is 6.77. The van der Waals surface area contributed by atoms with Crippen molar-refractivity contribution in [3.05, 3.63) is 0 Å². The van der Waals surface area contributed by atoms with Crippen LogP contribution in [0.2, 0.25) is 0 Å². The van der Waals surface area contributed by atoms with Crippen LogP contribution in [0, 0.1) is 0 Å². The van der Waals surface area contributed by atoms with E-state index in [2.05, 4.69) is 11.2 Å². The summed E-state index contributed by atoms with van der Waals surface area (Å²) in [6.45, 7) is 5.17. The SMILES string of the molecule is CCC(=O)[NH][Ta]([NH]C(=O)CC)[NH]C(=O)CC. The second-order valence-electron chi connectivity index (χ2n) is 3.00. The van der Waals surface area contributed by atoms with Crippen molar-refractivity contribution in [2.24, 2.45) is 0 Å². The first kappa shape index (κ1) is 15.2. The quantitative estimate of drug-likeness (QED) is 0.587. The molecule has 0 aliphatic rings. The van der Waals surface area contributed by atoms with Gasteiger partial charge >= 0.3 is 103 Å². The van der Waals surface area contributed by atoms with Crippen LogP contribution in [0.15, 0.2) is 0 Å². The standard InChI is InChI=1S/3C3H7NO.Ta/c3*1-2-3(4)5;/h3*2H2,1H3,(H2,4,5);/q;;;+3/p-3. The fourth-order valence-electron chi connectivity index (χ4n) is 0.695. The zero-order valence-corrected chi connectivity index (χ0v) is 13.0. The van der Waals surface area contributed by atoms with Gasteiger partial charge in [0.05, 0.1) is 0 Å². The van der Waals surface area contributed by atoms with Gasteiger partial charge in [0.1, 0.15) is 0 Å². The molecule has 0 bridgehead atoms. The van der Waals surface area contributed by atoms with Gasteiger partial charge in [0.2, 0.25) is 0 Å². The molecule has 0 heterocycles. The van der Waals surface area contributed by atoms with E-state index in [-0.39, 0.29) is 17.7 Å². The van der Waals surface area contributed by atoms with E-state index in [0.717, 1.165) is 0 Å². The average molecular weight is 397 g/mol. The van der Waals surface area contributed by atoms with Crippen molar-refractivity contribution in [2.45, 2.75) is 40.0 Å². The topological polar surface area (TPSA) is 87.3 Å². The summed E-state index contributed by atoms with van der Waals surface area (Å²) in [4.78, 5) is 33.6. The molecular formula is C9H18N3O3Ta. The predicted octanol–water partition coefficient (Wildman–Crippen LogP) is -0.0718. The van der Waals surface area contributed by atoms with E-state index in [4.69, 9.17) is 0 Å². The molecule has 0 aromatic rings. The van der Waals surface area contributed by atoms with Crippen LogP contribution in [0.5, 0.6) is 0 Å². The zero-order valence-electron chi connectivity index (χ0n) is 9.79. The van der Waals surface area contributed by atoms with Crippen LogP contribution in [0.3, 0.4) is 0 Å². The van der Waals surface area contributed by atoms with Crippen LogP contribution >= 0.6 is 0 Å². The van der Waals surface area contributed by atoms with Crippen LogP contribution < -0.4 is 11.2 Å².